The van der Waals surface area contributed by atoms with Crippen LogP contribution in [0.5, 0.6) is 0 Å². The van der Waals surface area contributed by atoms with Crippen LogP contribution >= 0.6 is 24.0 Å². The summed E-state index contributed by atoms with van der Waals surface area (Å²) in [4.78, 5) is 5.23. The van der Waals surface area contributed by atoms with Gasteiger partial charge in [0, 0.05) is 11.6 Å². The Balaban J connectivity index is 2.88. The molecule has 0 aliphatic heterocycles. The van der Waals surface area contributed by atoms with Crippen molar-refractivity contribution < 1.29 is 0 Å². The molecule has 0 amide bonds. The number of rotatable bonds is 0. The van der Waals surface area contributed by atoms with Crippen molar-refractivity contribution in [2.45, 2.75) is 4.21 Å². The molecule has 0 aliphatic rings. The van der Waals surface area contributed by atoms with Crippen molar-refractivity contribution in [1.29, 1.82) is 0 Å². The minimum atomic E-state index is 1.02. The highest BCUT2D eigenvalue weighted by Crippen LogP contribution is 2.25. The number of thiol groups is 1. The summed E-state index contributed by atoms with van der Waals surface area (Å²) >= 11 is 5.83. The Hall–Kier alpha value is -0.540. The van der Waals surface area contributed by atoms with Gasteiger partial charge in [0.25, 0.3) is 0 Å². The number of thiophene rings is 1. The van der Waals surface area contributed by atoms with Crippen molar-refractivity contribution in [3.8, 4) is 0 Å². The van der Waals surface area contributed by atoms with Crippen molar-refractivity contribution in [2.24, 2.45) is 0 Å². The second-order valence-corrected chi connectivity index (χ2v) is 3.80. The zero-order valence-electron chi connectivity index (χ0n) is 5.11. The summed E-state index contributed by atoms with van der Waals surface area (Å²) in [5.41, 5.74) is 0. The molecule has 0 bridgehead atoms. The van der Waals surface area contributed by atoms with E-state index in [0.29, 0.717) is 0 Å². The molecular weight excluding hydrogens is 162 g/mol. The maximum atomic E-state index is 4.22. The normalized spacial score (nSPS) is 10.5. The maximum absolute atomic E-state index is 4.22. The standard InChI is InChI=1S/C7H5NS2/c9-6-4-5-2-1-3-8-7(5)10-6/h1-4,9H. The van der Waals surface area contributed by atoms with Crippen LogP contribution in [-0.2, 0) is 0 Å². The molecule has 0 fully saturated rings. The van der Waals surface area contributed by atoms with Gasteiger partial charge in [-0.2, -0.15) is 0 Å². The molecular formula is C7H5NS2. The second kappa shape index (κ2) is 2.25. The largest absolute Gasteiger partial charge is 0.245 e. The third-order valence-electron chi connectivity index (χ3n) is 1.28. The van der Waals surface area contributed by atoms with E-state index in [0.717, 1.165) is 9.04 Å². The fourth-order valence-corrected chi connectivity index (χ4v) is 2.00. The molecule has 0 saturated heterocycles. The van der Waals surface area contributed by atoms with E-state index in [9.17, 15) is 0 Å². The first-order valence-corrected chi connectivity index (χ1v) is 4.16. The molecule has 1 nitrogen and oxygen atoms in total. The quantitative estimate of drug-likeness (QED) is 0.595. The molecule has 0 aromatic carbocycles. The molecule has 0 spiro atoms. The lowest BCUT2D eigenvalue weighted by molar-refractivity contribution is 1.45. The van der Waals surface area contributed by atoms with Gasteiger partial charge in [-0.1, -0.05) is 6.07 Å². The lowest BCUT2D eigenvalue weighted by atomic mass is 10.4. The van der Waals surface area contributed by atoms with Crippen molar-refractivity contribution in [3.63, 3.8) is 0 Å². The van der Waals surface area contributed by atoms with E-state index in [1.807, 2.05) is 18.2 Å². The van der Waals surface area contributed by atoms with E-state index in [1.54, 1.807) is 17.5 Å². The molecule has 2 aromatic rings. The fourth-order valence-electron chi connectivity index (χ4n) is 0.860. The lowest BCUT2D eigenvalue weighted by Gasteiger charge is -1.81. The molecule has 0 unspecified atom stereocenters. The summed E-state index contributed by atoms with van der Waals surface area (Å²) < 4.78 is 1.02. The minimum Gasteiger partial charge on any atom is -0.245 e. The Kier molecular flexibility index (Phi) is 1.39. The zero-order chi connectivity index (χ0) is 6.97. The molecule has 2 heterocycles. The minimum absolute atomic E-state index is 1.02. The van der Waals surface area contributed by atoms with Crippen LogP contribution in [-0.4, -0.2) is 4.98 Å². The molecule has 3 heteroatoms. The predicted octanol–water partition coefficient (Wildman–Crippen LogP) is 2.58. The van der Waals surface area contributed by atoms with Gasteiger partial charge in [0.2, 0.25) is 0 Å². The van der Waals surface area contributed by atoms with Gasteiger partial charge in [0.05, 0.1) is 4.21 Å². The SMILES string of the molecule is Sc1cc2cccnc2s1. The number of fused-ring (bicyclic) bond motifs is 1. The molecule has 10 heavy (non-hydrogen) atoms. The third-order valence-corrected chi connectivity index (χ3v) is 2.55. The van der Waals surface area contributed by atoms with Crippen LogP contribution < -0.4 is 0 Å². The summed E-state index contributed by atoms with van der Waals surface area (Å²) in [6, 6.07) is 6.00. The summed E-state index contributed by atoms with van der Waals surface area (Å²) in [6.45, 7) is 0. The number of nitrogens with zero attached hydrogens (tertiary/aromatic N) is 1. The molecule has 2 rings (SSSR count). The predicted molar refractivity (Wildman–Crippen MR) is 46.9 cm³/mol. The number of aromatic nitrogens is 1. The smallest absolute Gasteiger partial charge is 0.124 e. The highest BCUT2D eigenvalue weighted by Gasteiger charge is 1.95. The Morgan fingerprint density at radius 1 is 1.50 bits per heavy atom. The fraction of sp³-hybridized carbons (Fsp3) is 0. The summed E-state index contributed by atoms with van der Waals surface area (Å²) in [5, 5.41) is 1.18. The van der Waals surface area contributed by atoms with Gasteiger partial charge >= 0.3 is 0 Å². The first-order valence-electron chi connectivity index (χ1n) is 2.90. The van der Waals surface area contributed by atoms with Gasteiger partial charge in [-0.3, -0.25) is 0 Å². The number of hydrogen-bond donors (Lipinski definition) is 1. The molecule has 0 aliphatic carbocycles. The van der Waals surface area contributed by atoms with Crippen LogP contribution in [0.3, 0.4) is 0 Å². The number of hydrogen-bond acceptors (Lipinski definition) is 3. The van der Waals surface area contributed by atoms with Crippen LogP contribution in [0, 0.1) is 0 Å². The van der Waals surface area contributed by atoms with Crippen LogP contribution in [0.2, 0.25) is 0 Å². The van der Waals surface area contributed by atoms with E-state index in [-0.39, 0.29) is 0 Å². The Labute approximate surface area is 68.1 Å². The maximum Gasteiger partial charge on any atom is 0.124 e. The first kappa shape index (κ1) is 6.19. The first-order chi connectivity index (χ1) is 4.86. The van der Waals surface area contributed by atoms with Crippen LogP contribution in [0.15, 0.2) is 28.6 Å². The van der Waals surface area contributed by atoms with Crippen molar-refractivity contribution in [2.75, 3.05) is 0 Å². The van der Waals surface area contributed by atoms with Gasteiger partial charge in [0.15, 0.2) is 0 Å². The monoisotopic (exact) mass is 167 g/mol. The average molecular weight is 167 g/mol. The highest BCUT2D eigenvalue weighted by molar-refractivity contribution is 7.83. The number of pyridine rings is 1. The highest BCUT2D eigenvalue weighted by atomic mass is 32.2. The molecule has 2 aromatic heterocycles. The topological polar surface area (TPSA) is 12.9 Å². The zero-order valence-corrected chi connectivity index (χ0v) is 6.82. The summed E-state index contributed by atoms with van der Waals surface area (Å²) in [7, 11) is 0. The van der Waals surface area contributed by atoms with Crippen LogP contribution in [0.4, 0.5) is 0 Å². The van der Waals surface area contributed by atoms with E-state index in [4.69, 9.17) is 0 Å². The van der Waals surface area contributed by atoms with E-state index in [1.165, 1.54) is 5.39 Å². The van der Waals surface area contributed by atoms with Gasteiger partial charge < -0.3 is 0 Å². The third kappa shape index (κ3) is 0.914. The average Bonchev–Trinajstić information content (AvgIpc) is 2.27. The molecule has 0 atom stereocenters. The van der Waals surface area contributed by atoms with E-state index < -0.39 is 0 Å². The molecule has 0 radical (unpaired) electrons. The van der Waals surface area contributed by atoms with Crippen molar-refractivity contribution >= 4 is 34.2 Å². The van der Waals surface area contributed by atoms with Gasteiger partial charge in [0.1, 0.15) is 4.83 Å². The van der Waals surface area contributed by atoms with E-state index in [2.05, 4.69) is 17.6 Å². The summed E-state index contributed by atoms with van der Waals surface area (Å²) in [6.07, 6.45) is 1.80. The Morgan fingerprint density at radius 3 is 3.20 bits per heavy atom. The van der Waals surface area contributed by atoms with Crippen LogP contribution in [0.1, 0.15) is 0 Å². The van der Waals surface area contributed by atoms with Crippen LogP contribution in [0.25, 0.3) is 10.2 Å². The molecule has 0 N–H and O–H groups in total. The van der Waals surface area contributed by atoms with Gasteiger partial charge in [-0.25, -0.2) is 4.98 Å². The van der Waals surface area contributed by atoms with Gasteiger partial charge in [-0.05, 0) is 12.1 Å². The van der Waals surface area contributed by atoms with Crippen molar-refractivity contribution in [3.05, 3.63) is 24.4 Å². The lowest BCUT2D eigenvalue weighted by Crippen LogP contribution is -1.65. The molecule has 0 saturated carbocycles. The van der Waals surface area contributed by atoms with Gasteiger partial charge in [-0.15, -0.1) is 24.0 Å². The Morgan fingerprint density at radius 2 is 2.40 bits per heavy atom. The van der Waals surface area contributed by atoms with Crippen molar-refractivity contribution in [1.82, 2.24) is 4.98 Å². The Bertz CT molecular complexity index is 320. The van der Waals surface area contributed by atoms with E-state index >= 15 is 0 Å². The summed E-state index contributed by atoms with van der Waals surface area (Å²) in [5.74, 6) is 0. The second-order valence-electron chi connectivity index (χ2n) is 1.98. The molecule has 50 valence electrons.